The quantitative estimate of drug-likeness (QED) is 0.354. The highest BCUT2D eigenvalue weighted by Gasteiger charge is 2.33. The van der Waals surface area contributed by atoms with E-state index in [0.29, 0.717) is 11.3 Å². The first-order chi connectivity index (χ1) is 16.5. The van der Waals surface area contributed by atoms with Crippen molar-refractivity contribution < 1.29 is 26.3 Å². The molecule has 0 saturated heterocycles. The van der Waals surface area contributed by atoms with E-state index in [9.17, 15) is 26.3 Å². The van der Waals surface area contributed by atoms with Crippen LogP contribution in [-0.4, -0.2) is 29.9 Å². The highest BCUT2D eigenvalue weighted by atomic mass is 19.4. The van der Waals surface area contributed by atoms with Crippen LogP contribution in [0.2, 0.25) is 0 Å². The molecule has 7 nitrogen and oxygen atoms in total. The summed E-state index contributed by atoms with van der Waals surface area (Å²) in [5.74, 6) is -0.432. The van der Waals surface area contributed by atoms with Crippen molar-refractivity contribution in [3.63, 3.8) is 0 Å². The number of hydrogen-bond donors (Lipinski definition) is 1. The first-order valence-electron chi connectivity index (χ1n) is 9.73. The summed E-state index contributed by atoms with van der Waals surface area (Å²) in [6, 6.07) is 8.32. The minimum atomic E-state index is -4.71. The van der Waals surface area contributed by atoms with E-state index < -0.39 is 23.7 Å². The predicted octanol–water partition coefficient (Wildman–Crippen LogP) is 5.81. The standard InChI is InChI=1S/C22H13F6N7/c1-2-13-10-12(6-8-29-13)18-33-19(15-4-3-5-16(32-15)21(23,24)25)35-20(34-18)31-14-7-9-30-17(11-14)22(26,27)28/h2-11H,1H2,(H,30,31,33,34,35). The molecule has 4 aromatic heterocycles. The summed E-state index contributed by atoms with van der Waals surface area (Å²) in [5.41, 5.74) is -1.68. The predicted molar refractivity (Wildman–Crippen MR) is 114 cm³/mol. The number of halogens is 6. The van der Waals surface area contributed by atoms with Gasteiger partial charge < -0.3 is 5.32 Å². The lowest BCUT2D eigenvalue weighted by molar-refractivity contribution is -0.141. The lowest BCUT2D eigenvalue weighted by atomic mass is 10.2. The van der Waals surface area contributed by atoms with Crippen molar-refractivity contribution in [1.29, 1.82) is 0 Å². The maximum absolute atomic E-state index is 13.2. The molecule has 35 heavy (non-hydrogen) atoms. The minimum Gasteiger partial charge on any atom is -0.324 e. The molecule has 0 aliphatic rings. The van der Waals surface area contributed by atoms with Crippen LogP contribution < -0.4 is 5.32 Å². The molecule has 0 atom stereocenters. The molecule has 0 aliphatic carbocycles. The fraction of sp³-hybridized carbons (Fsp3) is 0.0909. The Morgan fingerprint density at radius 2 is 1.46 bits per heavy atom. The van der Waals surface area contributed by atoms with Gasteiger partial charge in [-0.15, -0.1) is 0 Å². The van der Waals surface area contributed by atoms with Crippen LogP contribution >= 0.6 is 0 Å². The Bertz CT molecular complexity index is 1390. The maximum Gasteiger partial charge on any atom is 0.433 e. The van der Waals surface area contributed by atoms with Gasteiger partial charge in [0.15, 0.2) is 11.6 Å². The Morgan fingerprint density at radius 1 is 0.743 bits per heavy atom. The Morgan fingerprint density at radius 3 is 2.17 bits per heavy atom. The van der Waals surface area contributed by atoms with Gasteiger partial charge in [-0.1, -0.05) is 12.6 Å². The van der Waals surface area contributed by atoms with Crippen LogP contribution in [0.15, 0.2) is 61.4 Å². The zero-order valence-electron chi connectivity index (χ0n) is 17.4. The average Bonchev–Trinajstić information content (AvgIpc) is 2.83. The highest BCUT2D eigenvalue weighted by molar-refractivity contribution is 5.65. The number of nitrogens with one attached hydrogen (secondary N) is 1. The van der Waals surface area contributed by atoms with Crippen molar-refractivity contribution in [1.82, 2.24) is 29.9 Å². The van der Waals surface area contributed by atoms with Gasteiger partial charge in [0.05, 0.1) is 5.69 Å². The first-order valence-corrected chi connectivity index (χ1v) is 9.73. The van der Waals surface area contributed by atoms with Crippen molar-refractivity contribution in [2.45, 2.75) is 12.4 Å². The van der Waals surface area contributed by atoms with E-state index in [1.807, 2.05) is 0 Å². The summed E-state index contributed by atoms with van der Waals surface area (Å²) in [4.78, 5) is 23.5. The molecule has 13 heteroatoms. The fourth-order valence-electron chi connectivity index (χ4n) is 2.88. The number of nitrogens with zero attached hydrogens (tertiary/aromatic N) is 6. The Hall–Kier alpha value is -4.42. The normalized spacial score (nSPS) is 11.8. The number of anilines is 2. The molecule has 0 aliphatic heterocycles. The molecule has 0 aromatic carbocycles. The Labute approximate surface area is 193 Å². The van der Waals surface area contributed by atoms with Crippen molar-refractivity contribution in [3.8, 4) is 22.9 Å². The van der Waals surface area contributed by atoms with Crippen LogP contribution in [-0.2, 0) is 12.4 Å². The summed E-state index contributed by atoms with van der Waals surface area (Å²) in [6.45, 7) is 3.62. The van der Waals surface area contributed by atoms with Crippen LogP contribution in [0.4, 0.5) is 38.0 Å². The third kappa shape index (κ3) is 5.57. The smallest absolute Gasteiger partial charge is 0.324 e. The molecular weight excluding hydrogens is 476 g/mol. The van der Waals surface area contributed by atoms with Crippen molar-refractivity contribution in [3.05, 3.63) is 78.5 Å². The molecule has 0 fully saturated rings. The molecule has 178 valence electrons. The van der Waals surface area contributed by atoms with Crippen LogP contribution in [0.3, 0.4) is 0 Å². The molecular formula is C22H13F6N7. The van der Waals surface area contributed by atoms with Gasteiger partial charge in [-0.05, 0) is 42.5 Å². The Kier molecular flexibility index (Phi) is 6.16. The van der Waals surface area contributed by atoms with Gasteiger partial charge in [0.25, 0.3) is 0 Å². The van der Waals surface area contributed by atoms with Gasteiger partial charge in [-0.25, -0.2) is 9.97 Å². The highest BCUT2D eigenvalue weighted by Crippen LogP contribution is 2.31. The molecule has 0 unspecified atom stereocenters. The second-order valence-corrected chi connectivity index (χ2v) is 6.94. The summed E-state index contributed by atoms with van der Waals surface area (Å²) >= 11 is 0. The van der Waals surface area contributed by atoms with Gasteiger partial charge >= 0.3 is 12.4 Å². The lowest BCUT2D eigenvalue weighted by Gasteiger charge is -2.12. The number of aromatic nitrogens is 6. The number of alkyl halides is 6. The number of rotatable bonds is 5. The molecule has 1 N–H and O–H groups in total. The number of hydrogen-bond acceptors (Lipinski definition) is 7. The summed E-state index contributed by atoms with van der Waals surface area (Å²) < 4.78 is 78.6. The van der Waals surface area contributed by atoms with Gasteiger partial charge in [-0.3, -0.25) is 9.97 Å². The van der Waals surface area contributed by atoms with E-state index in [1.54, 1.807) is 12.1 Å². The average molecular weight is 489 g/mol. The van der Waals surface area contributed by atoms with E-state index >= 15 is 0 Å². The topological polar surface area (TPSA) is 89.4 Å². The van der Waals surface area contributed by atoms with Crippen molar-refractivity contribution >= 4 is 17.7 Å². The molecule has 4 rings (SSSR count). The minimum absolute atomic E-state index is 0.0207. The molecule has 0 spiro atoms. The number of pyridine rings is 3. The van der Waals surface area contributed by atoms with E-state index in [1.165, 1.54) is 24.4 Å². The van der Waals surface area contributed by atoms with Crippen LogP contribution in [0.5, 0.6) is 0 Å². The van der Waals surface area contributed by atoms with Gasteiger partial charge in [0.1, 0.15) is 17.1 Å². The van der Waals surface area contributed by atoms with E-state index in [4.69, 9.17) is 0 Å². The van der Waals surface area contributed by atoms with Crippen molar-refractivity contribution in [2.24, 2.45) is 0 Å². The third-order valence-electron chi connectivity index (χ3n) is 4.46. The molecule has 4 aromatic rings. The third-order valence-corrected chi connectivity index (χ3v) is 4.46. The molecule has 0 radical (unpaired) electrons. The molecule has 0 saturated carbocycles. The summed E-state index contributed by atoms with van der Waals surface area (Å²) in [7, 11) is 0. The monoisotopic (exact) mass is 489 g/mol. The van der Waals surface area contributed by atoms with E-state index in [-0.39, 0.29) is 29.0 Å². The second-order valence-electron chi connectivity index (χ2n) is 6.94. The maximum atomic E-state index is 13.2. The van der Waals surface area contributed by atoms with Crippen molar-refractivity contribution in [2.75, 3.05) is 5.32 Å². The summed E-state index contributed by atoms with van der Waals surface area (Å²) in [6.07, 6.45) is -5.53. The Balaban J connectivity index is 1.83. The van der Waals surface area contributed by atoms with Gasteiger partial charge in [0, 0.05) is 23.6 Å². The van der Waals surface area contributed by atoms with Gasteiger partial charge in [0.2, 0.25) is 5.95 Å². The van der Waals surface area contributed by atoms with Gasteiger partial charge in [-0.2, -0.15) is 36.3 Å². The molecule has 0 amide bonds. The zero-order valence-corrected chi connectivity index (χ0v) is 17.4. The largest absolute Gasteiger partial charge is 0.433 e. The van der Waals surface area contributed by atoms with E-state index in [2.05, 4.69) is 41.8 Å². The van der Waals surface area contributed by atoms with Crippen LogP contribution in [0.1, 0.15) is 17.1 Å². The summed E-state index contributed by atoms with van der Waals surface area (Å²) in [5, 5.41) is 2.62. The van der Waals surface area contributed by atoms with Crippen LogP contribution in [0.25, 0.3) is 29.0 Å². The van der Waals surface area contributed by atoms with E-state index in [0.717, 1.165) is 24.4 Å². The second kappa shape index (κ2) is 9.08. The zero-order chi connectivity index (χ0) is 25.2. The first kappa shape index (κ1) is 23.7. The molecule has 0 bridgehead atoms. The SMILES string of the molecule is C=Cc1cc(-c2nc(Nc3ccnc(C(F)(F)F)c3)nc(-c3cccc(C(F)(F)F)n3)n2)ccn1. The fourth-order valence-corrected chi connectivity index (χ4v) is 2.88. The lowest BCUT2D eigenvalue weighted by Crippen LogP contribution is -2.10. The molecule has 4 heterocycles. The van der Waals surface area contributed by atoms with Crippen LogP contribution in [0, 0.1) is 0 Å².